The van der Waals surface area contributed by atoms with Crippen LogP contribution in [0.1, 0.15) is 57.6 Å². The van der Waals surface area contributed by atoms with Gasteiger partial charge < -0.3 is 5.32 Å². The highest BCUT2D eigenvalue weighted by atomic mass is 19.1. The molecule has 2 nitrogen and oxygen atoms in total. The molecule has 1 fully saturated rings. The van der Waals surface area contributed by atoms with E-state index in [2.05, 4.69) is 24.1 Å². The lowest BCUT2D eigenvalue weighted by molar-refractivity contribution is 0.158. The van der Waals surface area contributed by atoms with Crippen molar-refractivity contribution >= 4 is 0 Å². The van der Waals surface area contributed by atoms with Crippen LogP contribution >= 0.6 is 0 Å². The van der Waals surface area contributed by atoms with E-state index in [1.807, 2.05) is 13.1 Å². The highest BCUT2D eigenvalue weighted by Crippen LogP contribution is 2.51. The summed E-state index contributed by atoms with van der Waals surface area (Å²) in [5.74, 6) is 0.454. The van der Waals surface area contributed by atoms with Crippen molar-refractivity contribution in [2.24, 2.45) is 11.3 Å². The number of nitrogens with one attached hydrogen (secondary N) is 1. The van der Waals surface area contributed by atoms with Crippen molar-refractivity contribution in [1.29, 1.82) is 0 Å². The predicted molar refractivity (Wildman–Crippen MR) is 76.4 cm³/mol. The Hall–Kier alpha value is -0.960. The molecule has 1 aromatic heterocycles. The maximum absolute atomic E-state index is 14.1. The number of pyridine rings is 1. The molecule has 0 bridgehead atoms. The Balaban J connectivity index is 2.35. The van der Waals surface area contributed by atoms with Gasteiger partial charge in [-0.15, -0.1) is 0 Å². The molecular weight excluding hydrogens is 239 g/mol. The molecule has 1 atom stereocenters. The largest absolute Gasteiger partial charge is 0.312 e. The van der Waals surface area contributed by atoms with Crippen molar-refractivity contribution in [3.63, 3.8) is 0 Å². The quantitative estimate of drug-likeness (QED) is 0.866. The van der Waals surface area contributed by atoms with Crippen LogP contribution < -0.4 is 5.32 Å². The van der Waals surface area contributed by atoms with Gasteiger partial charge in [-0.3, -0.25) is 4.98 Å². The second-order valence-corrected chi connectivity index (χ2v) is 6.29. The van der Waals surface area contributed by atoms with Crippen molar-refractivity contribution in [1.82, 2.24) is 10.3 Å². The third kappa shape index (κ3) is 2.97. The molecular formula is C16H25FN2. The molecule has 1 aliphatic rings. The highest BCUT2D eigenvalue weighted by Gasteiger charge is 2.42. The molecule has 1 saturated carbocycles. The van der Waals surface area contributed by atoms with Crippen LogP contribution in [0.5, 0.6) is 0 Å². The fourth-order valence-corrected chi connectivity index (χ4v) is 3.91. The minimum atomic E-state index is -0.183. The number of rotatable bonds is 5. The molecule has 0 spiro atoms. The third-order valence-electron chi connectivity index (χ3n) is 4.43. The normalized spacial score (nSPS) is 19.8. The molecule has 2 rings (SSSR count). The number of halogens is 1. The van der Waals surface area contributed by atoms with Crippen LogP contribution in [0.3, 0.4) is 0 Å². The lowest BCUT2D eigenvalue weighted by Crippen LogP contribution is -2.36. The maximum atomic E-state index is 14.1. The smallest absolute Gasteiger partial charge is 0.146 e. The molecule has 0 aromatic carbocycles. The lowest BCUT2D eigenvalue weighted by Gasteiger charge is -2.39. The van der Waals surface area contributed by atoms with Crippen LogP contribution in [0.2, 0.25) is 0 Å². The zero-order valence-corrected chi connectivity index (χ0v) is 12.2. The number of hydrogen-bond acceptors (Lipinski definition) is 2. The Bertz CT molecular complexity index is 411. The van der Waals surface area contributed by atoms with Crippen molar-refractivity contribution in [3.8, 4) is 0 Å². The minimum Gasteiger partial charge on any atom is -0.312 e. The summed E-state index contributed by atoms with van der Waals surface area (Å²) in [4.78, 5) is 3.87. The van der Waals surface area contributed by atoms with Crippen molar-refractivity contribution in [3.05, 3.63) is 29.8 Å². The van der Waals surface area contributed by atoms with E-state index < -0.39 is 0 Å². The molecule has 1 unspecified atom stereocenters. The van der Waals surface area contributed by atoms with Crippen LogP contribution in [0.15, 0.2) is 18.5 Å². The van der Waals surface area contributed by atoms with E-state index >= 15 is 0 Å². The van der Waals surface area contributed by atoms with Crippen LogP contribution in [0, 0.1) is 17.2 Å². The standard InChI is InChI=1S/C16H25FN2/c1-12(2)10-16(7-4-5-8-16)15(18-3)13-6-9-19-11-14(13)17/h6,9,11-12,15,18H,4-5,7-8,10H2,1-3H3. The summed E-state index contributed by atoms with van der Waals surface area (Å²) in [5, 5.41) is 3.38. The van der Waals surface area contributed by atoms with E-state index in [-0.39, 0.29) is 17.3 Å². The zero-order valence-electron chi connectivity index (χ0n) is 12.2. The topological polar surface area (TPSA) is 24.9 Å². The summed E-state index contributed by atoms with van der Waals surface area (Å²) in [6.45, 7) is 4.52. The molecule has 1 heterocycles. The molecule has 0 saturated heterocycles. The Morgan fingerprint density at radius 3 is 2.58 bits per heavy atom. The van der Waals surface area contributed by atoms with E-state index in [1.54, 1.807) is 6.20 Å². The number of hydrogen-bond donors (Lipinski definition) is 1. The molecule has 1 N–H and O–H groups in total. The van der Waals surface area contributed by atoms with Gasteiger partial charge >= 0.3 is 0 Å². The van der Waals surface area contributed by atoms with Gasteiger partial charge in [0.05, 0.1) is 6.20 Å². The number of aromatic nitrogens is 1. The van der Waals surface area contributed by atoms with Gasteiger partial charge in [0.2, 0.25) is 0 Å². The van der Waals surface area contributed by atoms with Gasteiger partial charge in [0.25, 0.3) is 0 Å². The highest BCUT2D eigenvalue weighted by molar-refractivity contribution is 5.21. The van der Waals surface area contributed by atoms with Crippen molar-refractivity contribution in [2.75, 3.05) is 7.05 Å². The summed E-state index contributed by atoms with van der Waals surface area (Å²) in [5.41, 5.74) is 0.977. The first-order valence-electron chi connectivity index (χ1n) is 7.36. The van der Waals surface area contributed by atoms with Gasteiger partial charge in [-0.1, -0.05) is 26.7 Å². The summed E-state index contributed by atoms with van der Waals surface area (Å²) < 4.78 is 14.1. The summed E-state index contributed by atoms with van der Waals surface area (Å²) in [6.07, 6.45) is 9.09. The average molecular weight is 264 g/mol. The van der Waals surface area contributed by atoms with Crippen molar-refractivity contribution < 1.29 is 4.39 Å². The van der Waals surface area contributed by atoms with Crippen LogP contribution in [0.4, 0.5) is 4.39 Å². The predicted octanol–water partition coefficient (Wildman–Crippen LogP) is 4.09. The molecule has 1 aliphatic carbocycles. The molecule has 106 valence electrons. The molecule has 0 aliphatic heterocycles. The fraction of sp³-hybridized carbons (Fsp3) is 0.688. The van der Waals surface area contributed by atoms with Gasteiger partial charge in [-0.05, 0) is 43.7 Å². The van der Waals surface area contributed by atoms with Crippen LogP contribution in [-0.4, -0.2) is 12.0 Å². The SMILES string of the molecule is CNC(c1ccncc1F)C1(CC(C)C)CCCC1. The van der Waals surface area contributed by atoms with Gasteiger partial charge in [-0.2, -0.15) is 0 Å². The van der Waals surface area contributed by atoms with Gasteiger partial charge in [0, 0.05) is 17.8 Å². The zero-order chi connectivity index (χ0) is 13.9. The first-order chi connectivity index (χ1) is 9.09. The summed E-state index contributed by atoms with van der Waals surface area (Å²) >= 11 is 0. The Labute approximate surface area is 115 Å². The Morgan fingerprint density at radius 2 is 2.05 bits per heavy atom. The van der Waals surface area contributed by atoms with E-state index in [1.165, 1.54) is 31.9 Å². The van der Waals surface area contributed by atoms with E-state index in [0.717, 1.165) is 12.0 Å². The second kappa shape index (κ2) is 6.00. The lowest BCUT2D eigenvalue weighted by atomic mass is 9.70. The number of nitrogens with zero attached hydrogens (tertiary/aromatic N) is 1. The van der Waals surface area contributed by atoms with E-state index in [0.29, 0.717) is 5.92 Å². The maximum Gasteiger partial charge on any atom is 0.146 e. The molecule has 0 amide bonds. The van der Waals surface area contributed by atoms with Crippen molar-refractivity contribution in [2.45, 2.75) is 52.0 Å². The molecule has 3 heteroatoms. The average Bonchev–Trinajstić information content (AvgIpc) is 2.81. The third-order valence-corrected chi connectivity index (χ3v) is 4.43. The van der Waals surface area contributed by atoms with E-state index in [9.17, 15) is 4.39 Å². The summed E-state index contributed by atoms with van der Waals surface area (Å²) in [7, 11) is 1.95. The first-order valence-corrected chi connectivity index (χ1v) is 7.36. The second-order valence-electron chi connectivity index (χ2n) is 6.29. The Kier molecular flexibility index (Phi) is 4.56. The monoisotopic (exact) mass is 264 g/mol. The van der Waals surface area contributed by atoms with Gasteiger partial charge in [-0.25, -0.2) is 4.39 Å². The fourth-order valence-electron chi connectivity index (χ4n) is 3.91. The Morgan fingerprint density at radius 1 is 1.37 bits per heavy atom. The first kappa shape index (κ1) is 14.4. The van der Waals surface area contributed by atoms with Crippen LogP contribution in [-0.2, 0) is 0 Å². The molecule has 1 aromatic rings. The molecule has 19 heavy (non-hydrogen) atoms. The van der Waals surface area contributed by atoms with Gasteiger partial charge in [0.1, 0.15) is 5.82 Å². The van der Waals surface area contributed by atoms with Crippen LogP contribution in [0.25, 0.3) is 0 Å². The molecule has 0 radical (unpaired) electrons. The summed E-state index contributed by atoms with van der Waals surface area (Å²) in [6, 6.07) is 1.93. The van der Waals surface area contributed by atoms with E-state index in [4.69, 9.17) is 0 Å². The van der Waals surface area contributed by atoms with Gasteiger partial charge in [0.15, 0.2) is 0 Å². The minimum absolute atomic E-state index is 0.0976.